The molecule has 70 valence electrons. The van der Waals surface area contributed by atoms with Crippen molar-refractivity contribution in [2.75, 3.05) is 6.61 Å². The Morgan fingerprint density at radius 3 is 2.77 bits per heavy atom. The first-order valence-electron chi connectivity index (χ1n) is 4.01. The molecule has 1 unspecified atom stereocenters. The van der Waals surface area contributed by atoms with Gasteiger partial charge in [-0.15, -0.1) is 0 Å². The highest BCUT2D eigenvalue weighted by Crippen LogP contribution is 2.16. The van der Waals surface area contributed by atoms with Crippen molar-refractivity contribution in [3.05, 3.63) is 35.1 Å². The summed E-state index contributed by atoms with van der Waals surface area (Å²) in [6, 6.07) is 4.52. The van der Waals surface area contributed by atoms with Gasteiger partial charge in [0.2, 0.25) is 0 Å². The van der Waals surface area contributed by atoms with E-state index in [4.69, 9.17) is 5.11 Å². The van der Waals surface area contributed by atoms with E-state index in [1.807, 2.05) is 0 Å². The van der Waals surface area contributed by atoms with Gasteiger partial charge in [0.25, 0.3) is 0 Å². The maximum absolute atomic E-state index is 13.0. The standard InChI is InChI=1S/C10H11FO2/c1-7-2-3-8(4-10(7)11)9(5-12)6-13/h2-5,9,13H,6H2,1H3. The van der Waals surface area contributed by atoms with Crippen LogP contribution in [0.5, 0.6) is 0 Å². The van der Waals surface area contributed by atoms with Crippen LogP contribution in [0.3, 0.4) is 0 Å². The normalized spacial score (nSPS) is 12.5. The second kappa shape index (κ2) is 4.14. The van der Waals surface area contributed by atoms with Crippen molar-refractivity contribution >= 4 is 6.29 Å². The molecule has 1 rings (SSSR count). The number of benzene rings is 1. The zero-order valence-electron chi connectivity index (χ0n) is 7.33. The molecule has 0 aliphatic rings. The van der Waals surface area contributed by atoms with Crippen molar-refractivity contribution in [3.8, 4) is 0 Å². The third-order valence-corrected chi connectivity index (χ3v) is 1.99. The Hall–Kier alpha value is -1.22. The van der Waals surface area contributed by atoms with Crippen molar-refractivity contribution in [1.29, 1.82) is 0 Å². The van der Waals surface area contributed by atoms with Crippen LogP contribution in [0.25, 0.3) is 0 Å². The zero-order chi connectivity index (χ0) is 9.84. The maximum Gasteiger partial charge on any atom is 0.129 e. The molecule has 1 atom stereocenters. The topological polar surface area (TPSA) is 37.3 Å². The van der Waals surface area contributed by atoms with Crippen LogP contribution in [-0.2, 0) is 4.79 Å². The minimum Gasteiger partial charge on any atom is -0.395 e. The predicted octanol–water partition coefficient (Wildman–Crippen LogP) is 1.41. The molecule has 0 aliphatic carbocycles. The lowest BCUT2D eigenvalue weighted by Gasteiger charge is -2.07. The molecule has 0 spiro atoms. The van der Waals surface area contributed by atoms with E-state index >= 15 is 0 Å². The number of hydrogen-bond acceptors (Lipinski definition) is 2. The second-order valence-corrected chi connectivity index (χ2v) is 2.93. The first-order chi connectivity index (χ1) is 6.19. The minimum atomic E-state index is -0.616. The summed E-state index contributed by atoms with van der Waals surface area (Å²) in [5, 5.41) is 8.79. The number of aliphatic hydroxyl groups is 1. The van der Waals surface area contributed by atoms with Gasteiger partial charge in [-0.2, -0.15) is 0 Å². The number of aliphatic hydroxyl groups excluding tert-OH is 1. The zero-order valence-corrected chi connectivity index (χ0v) is 7.33. The molecule has 2 nitrogen and oxygen atoms in total. The molecule has 0 fully saturated rings. The van der Waals surface area contributed by atoms with Crippen LogP contribution < -0.4 is 0 Å². The Labute approximate surface area is 76.0 Å². The van der Waals surface area contributed by atoms with Crippen molar-refractivity contribution < 1.29 is 14.3 Å². The summed E-state index contributed by atoms with van der Waals surface area (Å²) in [7, 11) is 0. The van der Waals surface area contributed by atoms with E-state index in [-0.39, 0.29) is 12.4 Å². The average Bonchev–Trinajstić information content (AvgIpc) is 2.13. The highest BCUT2D eigenvalue weighted by Gasteiger charge is 2.10. The smallest absolute Gasteiger partial charge is 0.129 e. The van der Waals surface area contributed by atoms with Crippen LogP contribution in [0, 0.1) is 12.7 Å². The highest BCUT2D eigenvalue weighted by atomic mass is 19.1. The molecule has 13 heavy (non-hydrogen) atoms. The summed E-state index contributed by atoms with van der Waals surface area (Å²) < 4.78 is 13.0. The third-order valence-electron chi connectivity index (χ3n) is 1.99. The summed E-state index contributed by atoms with van der Waals surface area (Å²) in [6.45, 7) is 1.36. The molecule has 3 heteroatoms. The molecule has 0 heterocycles. The Bertz CT molecular complexity index is 310. The molecule has 0 saturated carbocycles. The average molecular weight is 182 g/mol. The van der Waals surface area contributed by atoms with Gasteiger partial charge in [0.05, 0.1) is 12.5 Å². The SMILES string of the molecule is Cc1ccc(C(C=O)CO)cc1F. The van der Waals surface area contributed by atoms with Crippen LogP contribution in [0.2, 0.25) is 0 Å². The molecule has 0 saturated heterocycles. The van der Waals surface area contributed by atoms with Gasteiger partial charge in [-0.25, -0.2) is 4.39 Å². The van der Waals surface area contributed by atoms with E-state index in [2.05, 4.69) is 0 Å². The number of hydrogen-bond donors (Lipinski definition) is 1. The first-order valence-corrected chi connectivity index (χ1v) is 4.01. The van der Waals surface area contributed by atoms with E-state index in [0.29, 0.717) is 17.4 Å². The summed E-state index contributed by atoms with van der Waals surface area (Å²) in [4.78, 5) is 10.5. The lowest BCUT2D eigenvalue weighted by molar-refractivity contribution is -0.109. The van der Waals surface area contributed by atoms with Gasteiger partial charge in [-0.05, 0) is 24.1 Å². The molecule has 1 aromatic carbocycles. The van der Waals surface area contributed by atoms with Crippen molar-refractivity contribution in [1.82, 2.24) is 0 Å². The van der Waals surface area contributed by atoms with Gasteiger partial charge in [0.15, 0.2) is 0 Å². The summed E-state index contributed by atoms with van der Waals surface area (Å²) in [6.07, 6.45) is 0.615. The minimum absolute atomic E-state index is 0.286. The number of carbonyl (C=O) groups is 1. The molecule has 0 amide bonds. The van der Waals surface area contributed by atoms with Crippen molar-refractivity contribution in [2.24, 2.45) is 0 Å². The van der Waals surface area contributed by atoms with Gasteiger partial charge in [-0.3, -0.25) is 0 Å². The van der Waals surface area contributed by atoms with Crippen molar-refractivity contribution in [2.45, 2.75) is 12.8 Å². The Balaban J connectivity index is 3.01. The number of halogens is 1. The second-order valence-electron chi connectivity index (χ2n) is 2.93. The summed E-state index contributed by atoms with van der Waals surface area (Å²) >= 11 is 0. The number of aldehydes is 1. The van der Waals surface area contributed by atoms with E-state index in [9.17, 15) is 9.18 Å². The lowest BCUT2D eigenvalue weighted by Crippen LogP contribution is -2.05. The Morgan fingerprint density at radius 2 is 2.31 bits per heavy atom. The lowest BCUT2D eigenvalue weighted by atomic mass is 10.0. The Morgan fingerprint density at radius 1 is 1.62 bits per heavy atom. The van der Waals surface area contributed by atoms with Crippen LogP contribution in [0.4, 0.5) is 4.39 Å². The molecule has 0 aliphatic heterocycles. The van der Waals surface area contributed by atoms with E-state index in [1.54, 1.807) is 19.1 Å². The number of carbonyl (C=O) groups excluding carboxylic acids is 1. The molecular formula is C10H11FO2. The quantitative estimate of drug-likeness (QED) is 0.717. The number of aryl methyl sites for hydroxylation is 1. The largest absolute Gasteiger partial charge is 0.395 e. The molecule has 0 bridgehead atoms. The van der Waals surface area contributed by atoms with E-state index < -0.39 is 5.92 Å². The molecular weight excluding hydrogens is 171 g/mol. The van der Waals surface area contributed by atoms with Crippen LogP contribution in [0.1, 0.15) is 17.0 Å². The van der Waals surface area contributed by atoms with Gasteiger partial charge in [0, 0.05) is 0 Å². The maximum atomic E-state index is 13.0. The Kier molecular flexibility index (Phi) is 3.14. The van der Waals surface area contributed by atoms with Gasteiger partial charge in [0.1, 0.15) is 12.1 Å². The molecule has 1 aromatic rings. The fourth-order valence-electron chi connectivity index (χ4n) is 1.07. The first kappa shape index (κ1) is 9.86. The van der Waals surface area contributed by atoms with Gasteiger partial charge < -0.3 is 9.90 Å². The molecule has 1 N–H and O–H groups in total. The number of rotatable bonds is 3. The van der Waals surface area contributed by atoms with Crippen LogP contribution >= 0.6 is 0 Å². The molecule has 0 radical (unpaired) electrons. The van der Waals surface area contributed by atoms with Crippen LogP contribution in [-0.4, -0.2) is 18.0 Å². The predicted molar refractivity (Wildman–Crippen MR) is 47.0 cm³/mol. The molecule has 0 aromatic heterocycles. The third kappa shape index (κ3) is 2.12. The summed E-state index contributed by atoms with van der Waals surface area (Å²) in [5.41, 5.74) is 1.05. The summed E-state index contributed by atoms with van der Waals surface area (Å²) in [5.74, 6) is -0.965. The van der Waals surface area contributed by atoms with E-state index in [0.717, 1.165) is 0 Å². The van der Waals surface area contributed by atoms with Crippen LogP contribution in [0.15, 0.2) is 18.2 Å². The monoisotopic (exact) mass is 182 g/mol. The fourth-order valence-corrected chi connectivity index (χ4v) is 1.07. The fraction of sp³-hybridized carbons (Fsp3) is 0.300. The van der Waals surface area contributed by atoms with Gasteiger partial charge in [-0.1, -0.05) is 12.1 Å². The highest BCUT2D eigenvalue weighted by molar-refractivity contribution is 5.62. The van der Waals surface area contributed by atoms with Crippen molar-refractivity contribution in [3.63, 3.8) is 0 Å². The van der Waals surface area contributed by atoms with Gasteiger partial charge >= 0.3 is 0 Å². The van der Waals surface area contributed by atoms with E-state index in [1.165, 1.54) is 6.07 Å².